The van der Waals surface area contributed by atoms with Crippen molar-refractivity contribution in [2.24, 2.45) is 0 Å². The fourth-order valence-corrected chi connectivity index (χ4v) is 2.08. The first kappa shape index (κ1) is 21.7. The second-order valence-electron chi connectivity index (χ2n) is 7.01. The average Bonchev–Trinajstić information content (AvgIpc) is 2.43. The molecule has 0 aliphatic rings. The third-order valence-electron chi connectivity index (χ3n) is 3.33. The molecule has 136 valence electrons. The molecule has 0 aliphatic carbocycles. The van der Waals surface area contributed by atoms with Crippen LogP contribution >= 0.6 is 0 Å². The molecule has 23 heavy (non-hydrogen) atoms. The highest BCUT2D eigenvalue weighted by atomic mass is 16.6. The molecular formula is C18H35NO4. The Morgan fingerprint density at radius 2 is 1.48 bits per heavy atom. The lowest BCUT2D eigenvalue weighted by Crippen LogP contribution is -2.42. The lowest BCUT2D eigenvalue weighted by Gasteiger charge is -2.21. The minimum atomic E-state index is -0.695. The van der Waals surface area contributed by atoms with E-state index in [4.69, 9.17) is 9.47 Å². The maximum Gasteiger partial charge on any atom is 0.408 e. The molecule has 0 unspecified atom stereocenters. The van der Waals surface area contributed by atoms with Crippen molar-refractivity contribution in [3.63, 3.8) is 0 Å². The standard InChI is InChI=1S/C18H35NO4/c1-6-7-8-9-10-11-12-13-14-22-16(20)15(2)19-17(21)23-18(3,4)5/h15H,6-14H2,1-5H3,(H,19,21)/t15-/m0/s1. The maximum atomic E-state index is 11.8. The molecule has 0 fully saturated rings. The van der Waals surface area contributed by atoms with Gasteiger partial charge in [0.05, 0.1) is 6.61 Å². The number of unbranched alkanes of at least 4 members (excludes halogenated alkanes) is 7. The Kier molecular flexibility index (Phi) is 11.5. The largest absolute Gasteiger partial charge is 0.464 e. The van der Waals surface area contributed by atoms with Crippen molar-refractivity contribution >= 4 is 12.1 Å². The fourth-order valence-electron chi connectivity index (χ4n) is 2.08. The minimum absolute atomic E-state index is 0.411. The summed E-state index contributed by atoms with van der Waals surface area (Å²) >= 11 is 0. The summed E-state index contributed by atoms with van der Waals surface area (Å²) in [4.78, 5) is 23.3. The van der Waals surface area contributed by atoms with Crippen molar-refractivity contribution in [2.75, 3.05) is 6.61 Å². The van der Waals surface area contributed by atoms with E-state index in [1.807, 2.05) is 0 Å². The molecule has 1 amide bonds. The van der Waals surface area contributed by atoms with Crippen molar-refractivity contribution < 1.29 is 19.1 Å². The number of alkyl carbamates (subject to hydrolysis) is 1. The first-order chi connectivity index (χ1) is 10.8. The van der Waals surface area contributed by atoms with Crippen LogP contribution in [0, 0.1) is 0 Å². The van der Waals surface area contributed by atoms with Crippen LogP contribution < -0.4 is 5.32 Å². The van der Waals surface area contributed by atoms with Gasteiger partial charge in [0, 0.05) is 0 Å². The molecule has 0 saturated heterocycles. The van der Waals surface area contributed by atoms with E-state index in [2.05, 4.69) is 12.2 Å². The Bertz CT molecular complexity index is 336. The topological polar surface area (TPSA) is 64.6 Å². The van der Waals surface area contributed by atoms with Gasteiger partial charge in [0.25, 0.3) is 0 Å². The van der Waals surface area contributed by atoms with E-state index in [1.165, 1.54) is 38.5 Å². The summed E-state index contributed by atoms with van der Waals surface area (Å²) in [5.74, 6) is -0.418. The van der Waals surface area contributed by atoms with Gasteiger partial charge >= 0.3 is 12.1 Å². The normalized spacial score (nSPS) is 12.6. The van der Waals surface area contributed by atoms with Crippen molar-refractivity contribution in [2.45, 2.75) is 97.6 Å². The molecule has 1 N–H and O–H groups in total. The average molecular weight is 329 g/mol. The van der Waals surface area contributed by atoms with Crippen molar-refractivity contribution in [3.05, 3.63) is 0 Å². The number of amides is 1. The van der Waals surface area contributed by atoms with Gasteiger partial charge in [0.1, 0.15) is 11.6 Å². The van der Waals surface area contributed by atoms with Crippen LogP contribution in [0.2, 0.25) is 0 Å². The number of nitrogens with one attached hydrogen (secondary N) is 1. The molecule has 0 rings (SSSR count). The molecule has 1 atom stereocenters. The van der Waals surface area contributed by atoms with Gasteiger partial charge in [-0.15, -0.1) is 0 Å². The molecule has 0 radical (unpaired) electrons. The maximum absolute atomic E-state index is 11.8. The number of hydrogen-bond acceptors (Lipinski definition) is 4. The summed E-state index contributed by atoms with van der Waals surface area (Å²) in [6.07, 6.45) is 8.99. The van der Waals surface area contributed by atoms with Gasteiger partial charge in [-0.25, -0.2) is 9.59 Å². The second-order valence-corrected chi connectivity index (χ2v) is 7.01. The highest BCUT2D eigenvalue weighted by Gasteiger charge is 2.21. The molecule has 0 heterocycles. The van der Waals surface area contributed by atoms with E-state index in [0.29, 0.717) is 6.61 Å². The van der Waals surface area contributed by atoms with Gasteiger partial charge in [-0.1, -0.05) is 51.9 Å². The van der Waals surface area contributed by atoms with Crippen LogP contribution in [0.25, 0.3) is 0 Å². The number of carbonyl (C=O) groups excluding carboxylic acids is 2. The third-order valence-corrected chi connectivity index (χ3v) is 3.33. The van der Waals surface area contributed by atoms with Crippen LogP contribution in [-0.2, 0) is 14.3 Å². The van der Waals surface area contributed by atoms with Crippen LogP contribution in [0.15, 0.2) is 0 Å². The highest BCUT2D eigenvalue weighted by molar-refractivity contribution is 5.80. The predicted molar refractivity (Wildman–Crippen MR) is 92.4 cm³/mol. The van der Waals surface area contributed by atoms with Crippen LogP contribution in [0.1, 0.15) is 86.0 Å². The quantitative estimate of drug-likeness (QED) is 0.445. The van der Waals surface area contributed by atoms with Gasteiger partial charge in [0.2, 0.25) is 0 Å². The van der Waals surface area contributed by atoms with Gasteiger partial charge in [-0.2, -0.15) is 0 Å². The predicted octanol–water partition coefficient (Wildman–Crippen LogP) is 4.58. The van der Waals surface area contributed by atoms with Gasteiger partial charge < -0.3 is 14.8 Å². The summed E-state index contributed by atoms with van der Waals surface area (Å²) in [6.45, 7) is 9.55. The SMILES string of the molecule is CCCCCCCCCCOC(=O)[C@H](C)NC(=O)OC(C)(C)C. The van der Waals surface area contributed by atoms with Crippen LogP contribution in [-0.4, -0.2) is 30.3 Å². The summed E-state index contributed by atoms with van der Waals surface area (Å²) in [5, 5.41) is 2.48. The van der Waals surface area contributed by atoms with E-state index in [1.54, 1.807) is 27.7 Å². The van der Waals surface area contributed by atoms with Gasteiger partial charge in [-0.05, 0) is 34.1 Å². The molecular weight excluding hydrogens is 294 g/mol. The van der Waals surface area contributed by atoms with E-state index in [9.17, 15) is 9.59 Å². The Hall–Kier alpha value is -1.26. The minimum Gasteiger partial charge on any atom is -0.464 e. The monoisotopic (exact) mass is 329 g/mol. The molecule has 0 spiro atoms. The van der Waals surface area contributed by atoms with Crippen molar-refractivity contribution in [1.82, 2.24) is 5.32 Å². The van der Waals surface area contributed by atoms with Gasteiger partial charge in [0.15, 0.2) is 0 Å². The van der Waals surface area contributed by atoms with Gasteiger partial charge in [-0.3, -0.25) is 0 Å². The number of ether oxygens (including phenoxy) is 2. The summed E-state index contributed by atoms with van der Waals surface area (Å²) in [5.41, 5.74) is -0.579. The van der Waals surface area contributed by atoms with Crippen LogP contribution in [0.4, 0.5) is 4.79 Å². The van der Waals surface area contributed by atoms with Crippen LogP contribution in [0.5, 0.6) is 0 Å². The molecule has 0 aromatic rings. The third kappa shape index (κ3) is 14.1. The molecule has 0 aliphatic heterocycles. The number of esters is 1. The summed E-state index contributed by atoms with van der Waals surface area (Å²) in [7, 11) is 0. The summed E-state index contributed by atoms with van der Waals surface area (Å²) in [6, 6.07) is -0.695. The Balaban J connectivity index is 3.63. The molecule has 0 aromatic heterocycles. The fraction of sp³-hybridized carbons (Fsp3) is 0.889. The molecule has 0 saturated carbocycles. The Labute approximate surface area is 141 Å². The van der Waals surface area contributed by atoms with E-state index in [-0.39, 0.29) is 0 Å². The molecule has 5 nitrogen and oxygen atoms in total. The first-order valence-electron chi connectivity index (χ1n) is 8.92. The van der Waals surface area contributed by atoms with Crippen LogP contribution in [0.3, 0.4) is 0 Å². The zero-order chi connectivity index (χ0) is 17.7. The second kappa shape index (κ2) is 12.2. The zero-order valence-electron chi connectivity index (χ0n) is 15.6. The van der Waals surface area contributed by atoms with E-state index < -0.39 is 23.7 Å². The molecule has 5 heteroatoms. The Morgan fingerprint density at radius 1 is 0.957 bits per heavy atom. The molecule has 0 bridgehead atoms. The number of rotatable bonds is 11. The molecule has 0 aromatic carbocycles. The smallest absolute Gasteiger partial charge is 0.408 e. The Morgan fingerprint density at radius 3 is 2.00 bits per heavy atom. The zero-order valence-corrected chi connectivity index (χ0v) is 15.6. The highest BCUT2D eigenvalue weighted by Crippen LogP contribution is 2.09. The first-order valence-corrected chi connectivity index (χ1v) is 8.92. The lowest BCUT2D eigenvalue weighted by atomic mass is 10.1. The van der Waals surface area contributed by atoms with E-state index >= 15 is 0 Å². The van der Waals surface area contributed by atoms with Crippen molar-refractivity contribution in [3.8, 4) is 0 Å². The number of carbonyl (C=O) groups is 2. The summed E-state index contributed by atoms with van der Waals surface area (Å²) < 4.78 is 10.3. The van der Waals surface area contributed by atoms with Crippen molar-refractivity contribution in [1.29, 1.82) is 0 Å². The lowest BCUT2D eigenvalue weighted by molar-refractivity contribution is -0.145. The van der Waals surface area contributed by atoms with E-state index in [0.717, 1.165) is 12.8 Å². The number of hydrogen-bond donors (Lipinski definition) is 1.